The van der Waals surface area contributed by atoms with Crippen molar-refractivity contribution in [3.8, 4) is 0 Å². The molecule has 0 spiro atoms. The fourth-order valence-corrected chi connectivity index (χ4v) is 4.48. The van der Waals surface area contributed by atoms with E-state index in [0.717, 1.165) is 34.2 Å². The predicted molar refractivity (Wildman–Crippen MR) is 119 cm³/mol. The first kappa shape index (κ1) is 22.2. The molecule has 1 aromatic carbocycles. The zero-order chi connectivity index (χ0) is 19.8. The van der Waals surface area contributed by atoms with Crippen LogP contribution in [0.15, 0.2) is 22.7 Å². The van der Waals surface area contributed by atoms with Crippen LogP contribution in [0, 0.1) is 0 Å². The van der Waals surface area contributed by atoms with Crippen molar-refractivity contribution in [3.63, 3.8) is 0 Å². The first-order chi connectivity index (χ1) is 13.0. The molecule has 0 saturated heterocycles. The number of unbranched alkanes of at least 4 members (excludes halogenated alkanes) is 8. The molecule has 0 N–H and O–H groups in total. The van der Waals surface area contributed by atoms with Gasteiger partial charge in [0.1, 0.15) is 0 Å². The summed E-state index contributed by atoms with van der Waals surface area (Å²) in [6.07, 6.45) is 12.1. The van der Waals surface area contributed by atoms with Crippen LogP contribution in [0.2, 0.25) is 0 Å². The van der Waals surface area contributed by atoms with Crippen molar-refractivity contribution in [2.24, 2.45) is 0 Å². The van der Waals surface area contributed by atoms with Crippen molar-refractivity contribution in [1.82, 2.24) is 0 Å². The van der Waals surface area contributed by atoms with Gasteiger partial charge in [-0.2, -0.15) is 0 Å². The van der Waals surface area contributed by atoms with E-state index in [4.69, 9.17) is 12.2 Å². The summed E-state index contributed by atoms with van der Waals surface area (Å²) in [6.45, 7) is 3.67. The van der Waals surface area contributed by atoms with Gasteiger partial charge in [0.25, 0.3) is 0 Å². The quantitative estimate of drug-likeness (QED) is 0.276. The van der Waals surface area contributed by atoms with Crippen LogP contribution in [-0.2, 0) is 9.59 Å². The van der Waals surface area contributed by atoms with Crippen molar-refractivity contribution in [1.29, 1.82) is 0 Å². The largest absolute Gasteiger partial charge is 0.274 e. The molecule has 0 saturated carbocycles. The van der Waals surface area contributed by atoms with Gasteiger partial charge in [-0.1, -0.05) is 86.4 Å². The number of hydrogen-bond donors (Lipinski definition) is 0. The maximum atomic E-state index is 12.8. The van der Waals surface area contributed by atoms with Crippen LogP contribution in [0.25, 0.3) is 0 Å². The molecule has 1 aliphatic rings. The Hall–Kier alpha value is -1.07. The van der Waals surface area contributed by atoms with Crippen LogP contribution in [0.1, 0.15) is 89.5 Å². The lowest BCUT2D eigenvalue weighted by molar-refractivity contribution is -0.124. The highest BCUT2D eigenvalue weighted by molar-refractivity contribution is 9.10. The molecule has 3 nitrogen and oxygen atoms in total. The zero-order valence-corrected chi connectivity index (χ0v) is 18.8. The smallest absolute Gasteiger partial charge is 0.246 e. The SMILES string of the molecule is CCCCCCCCCCCC(=S)C1C(=O)N(C(C)=O)c2ccc(Br)cc21. The van der Waals surface area contributed by atoms with E-state index in [0.29, 0.717) is 5.69 Å². The Labute approximate surface area is 177 Å². The third-order valence-electron chi connectivity index (χ3n) is 5.17. The van der Waals surface area contributed by atoms with Crippen LogP contribution < -0.4 is 4.90 Å². The zero-order valence-electron chi connectivity index (χ0n) is 16.4. The second-order valence-corrected chi connectivity index (χ2v) is 8.81. The number of amides is 2. The highest BCUT2D eigenvalue weighted by atomic mass is 79.9. The molecule has 1 unspecified atom stereocenters. The monoisotopic (exact) mass is 451 g/mol. The Kier molecular flexibility index (Phi) is 9.10. The Morgan fingerprint density at radius 1 is 1.07 bits per heavy atom. The van der Waals surface area contributed by atoms with Crippen molar-refractivity contribution < 1.29 is 9.59 Å². The van der Waals surface area contributed by atoms with E-state index < -0.39 is 5.92 Å². The normalized spacial score (nSPS) is 15.9. The third kappa shape index (κ3) is 5.95. The van der Waals surface area contributed by atoms with Gasteiger partial charge in [-0.25, -0.2) is 4.90 Å². The Morgan fingerprint density at radius 3 is 2.26 bits per heavy atom. The number of hydrogen-bond acceptors (Lipinski definition) is 3. The standard InChI is InChI=1S/C22H30BrNO2S/c1-3-4-5-6-7-8-9-10-11-12-20(27)21-18-15-17(23)13-14-19(18)24(16(2)25)22(21)26/h13-15,21H,3-12H2,1-2H3. The first-order valence-corrected chi connectivity index (χ1v) is 11.3. The maximum absolute atomic E-state index is 12.8. The lowest BCUT2D eigenvalue weighted by Gasteiger charge is -2.14. The van der Waals surface area contributed by atoms with Gasteiger partial charge in [0.15, 0.2) is 0 Å². The number of anilines is 1. The van der Waals surface area contributed by atoms with E-state index in [9.17, 15) is 9.59 Å². The average molecular weight is 452 g/mol. The molecule has 0 bridgehead atoms. The minimum atomic E-state index is -0.467. The third-order valence-corrected chi connectivity index (χ3v) is 6.11. The van der Waals surface area contributed by atoms with Gasteiger partial charge in [0.05, 0.1) is 11.6 Å². The molecule has 148 valence electrons. The van der Waals surface area contributed by atoms with Crippen LogP contribution >= 0.6 is 28.1 Å². The van der Waals surface area contributed by atoms with Crippen LogP contribution in [0.3, 0.4) is 0 Å². The van der Waals surface area contributed by atoms with Crippen LogP contribution in [0.5, 0.6) is 0 Å². The number of carbonyl (C=O) groups excluding carboxylic acids is 2. The fraction of sp³-hybridized carbons (Fsp3) is 0.591. The average Bonchev–Trinajstić information content (AvgIpc) is 2.91. The van der Waals surface area contributed by atoms with Gasteiger partial charge in [-0.15, -0.1) is 0 Å². The van der Waals surface area contributed by atoms with Crippen molar-refractivity contribution in [2.75, 3.05) is 4.90 Å². The first-order valence-electron chi connectivity index (χ1n) is 10.1. The van der Waals surface area contributed by atoms with E-state index in [1.54, 1.807) is 0 Å². The van der Waals surface area contributed by atoms with Crippen molar-refractivity contribution >= 4 is 50.5 Å². The summed E-state index contributed by atoms with van der Waals surface area (Å²) in [6, 6.07) is 5.59. The molecule has 27 heavy (non-hydrogen) atoms. The molecular weight excluding hydrogens is 422 g/mol. The second-order valence-electron chi connectivity index (χ2n) is 7.37. The molecule has 0 radical (unpaired) electrons. The molecule has 1 aliphatic heterocycles. The van der Waals surface area contributed by atoms with Gasteiger partial charge >= 0.3 is 0 Å². The second kappa shape index (κ2) is 11.1. The molecule has 2 amide bonds. The molecule has 0 aromatic heterocycles. The number of rotatable bonds is 11. The number of benzene rings is 1. The molecule has 0 fully saturated rings. The number of imide groups is 1. The molecule has 5 heteroatoms. The topological polar surface area (TPSA) is 37.4 Å². The highest BCUT2D eigenvalue weighted by Crippen LogP contribution is 2.40. The van der Waals surface area contributed by atoms with Gasteiger partial charge in [-0.3, -0.25) is 9.59 Å². The molecular formula is C22H30BrNO2S. The summed E-state index contributed by atoms with van der Waals surface area (Å²) >= 11 is 9.09. The number of nitrogens with zero attached hydrogens (tertiary/aromatic N) is 1. The summed E-state index contributed by atoms with van der Waals surface area (Å²) in [7, 11) is 0. The fourth-order valence-electron chi connectivity index (χ4n) is 3.73. The van der Waals surface area contributed by atoms with E-state index in [1.165, 1.54) is 56.8 Å². The van der Waals surface area contributed by atoms with Crippen molar-refractivity contribution in [3.05, 3.63) is 28.2 Å². The van der Waals surface area contributed by atoms with E-state index in [1.807, 2.05) is 18.2 Å². The van der Waals surface area contributed by atoms with E-state index in [2.05, 4.69) is 22.9 Å². The summed E-state index contributed by atoms with van der Waals surface area (Å²) < 4.78 is 0.898. The highest BCUT2D eigenvalue weighted by Gasteiger charge is 2.41. The van der Waals surface area contributed by atoms with Gasteiger partial charge in [-0.05, 0) is 36.6 Å². The Morgan fingerprint density at radius 2 is 1.67 bits per heavy atom. The van der Waals surface area contributed by atoms with Gasteiger partial charge in [0.2, 0.25) is 11.8 Å². The molecule has 1 atom stereocenters. The number of fused-ring (bicyclic) bond motifs is 1. The Bertz CT molecular complexity index is 689. The molecule has 1 aromatic rings. The number of halogens is 1. The van der Waals surface area contributed by atoms with E-state index in [-0.39, 0.29) is 11.8 Å². The van der Waals surface area contributed by atoms with Gasteiger partial charge in [0, 0.05) is 16.3 Å². The number of thiocarbonyl (C=S) groups is 1. The van der Waals surface area contributed by atoms with Crippen LogP contribution in [-0.4, -0.2) is 16.7 Å². The van der Waals surface area contributed by atoms with Crippen LogP contribution in [0.4, 0.5) is 5.69 Å². The predicted octanol–water partition coefficient (Wildman–Crippen LogP) is 6.72. The maximum Gasteiger partial charge on any atom is 0.246 e. The Balaban J connectivity index is 1.85. The summed E-state index contributed by atoms with van der Waals surface area (Å²) in [5, 5.41) is 0. The lowest BCUT2D eigenvalue weighted by atomic mass is 9.94. The number of carbonyl (C=O) groups is 2. The minimum absolute atomic E-state index is 0.198. The molecule has 2 rings (SSSR count). The van der Waals surface area contributed by atoms with Crippen molar-refractivity contribution in [2.45, 2.75) is 84.0 Å². The molecule has 1 heterocycles. The lowest BCUT2D eigenvalue weighted by Crippen LogP contribution is -2.34. The van der Waals surface area contributed by atoms with Gasteiger partial charge < -0.3 is 0 Å². The summed E-state index contributed by atoms with van der Waals surface area (Å²) in [5.74, 6) is -0.918. The van der Waals surface area contributed by atoms with E-state index >= 15 is 0 Å². The minimum Gasteiger partial charge on any atom is -0.274 e. The summed E-state index contributed by atoms with van der Waals surface area (Å²) in [4.78, 5) is 26.8. The summed E-state index contributed by atoms with van der Waals surface area (Å²) in [5.41, 5.74) is 1.53. The molecule has 0 aliphatic carbocycles.